The van der Waals surface area contributed by atoms with E-state index in [9.17, 15) is 13.7 Å². The van der Waals surface area contributed by atoms with Gasteiger partial charge in [0.05, 0.1) is 30.2 Å². The van der Waals surface area contributed by atoms with Crippen molar-refractivity contribution in [1.29, 1.82) is 5.26 Å². The SMILES string of the molecule is Cn1cncc1CN1CC(N(CCN)S(=O)(=O)c2ccccn2)Cc2cc(C#N)ccc21. The third-order valence-electron chi connectivity index (χ3n) is 5.67. The number of rotatable bonds is 7. The molecule has 0 amide bonds. The normalized spacial score (nSPS) is 16.1. The van der Waals surface area contributed by atoms with Crippen LogP contribution in [0.25, 0.3) is 0 Å². The van der Waals surface area contributed by atoms with Crippen LogP contribution in [0.4, 0.5) is 5.69 Å². The number of fused-ring (bicyclic) bond motifs is 1. The molecule has 1 aromatic carbocycles. The van der Waals surface area contributed by atoms with Gasteiger partial charge in [0, 0.05) is 50.8 Å². The van der Waals surface area contributed by atoms with E-state index in [2.05, 4.69) is 20.9 Å². The lowest BCUT2D eigenvalue weighted by Gasteiger charge is -2.40. The molecule has 0 bridgehead atoms. The third-order valence-corrected chi connectivity index (χ3v) is 7.54. The van der Waals surface area contributed by atoms with Crippen LogP contribution in [0.1, 0.15) is 16.8 Å². The first kappa shape index (κ1) is 22.0. The Balaban J connectivity index is 1.74. The number of pyridine rings is 1. The Morgan fingerprint density at radius 2 is 2.16 bits per heavy atom. The number of anilines is 1. The maximum Gasteiger partial charge on any atom is 0.260 e. The molecular formula is C22H25N7O2S. The van der Waals surface area contributed by atoms with Gasteiger partial charge in [-0.25, -0.2) is 18.4 Å². The van der Waals surface area contributed by atoms with E-state index in [1.807, 2.05) is 23.7 Å². The number of aryl methyl sites for hydroxylation is 1. The molecule has 4 rings (SSSR count). The second-order valence-corrected chi connectivity index (χ2v) is 9.60. The van der Waals surface area contributed by atoms with Crippen molar-refractivity contribution < 1.29 is 8.42 Å². The number of imidazole rings is 1. The molecule has 0 fully saturated rings. The highest BCUT2D eigenvalue weighted by Crippen LogP contribution is 2.32. The van der Waals surface area contributed by atoms with Crippen LogP contribution >= 0.6 is 0 Å². The zero-order valence-corrected chi connectivity index (χ0v) is 18.6. The van der Waals surface area contributed by atoms with Gasteiger partial charge in [0.2, 0.25) is 0 Å². The Bertz CT molecular complexity index is 1230. The summed E-state index contributed by atoms with van der Waals surface area (Å²) in [6.07, 6.45) is 5.49. The van der Waals surface area contributed by atoms with Gasteiger partial charge >= 0.3 is 0 Å². The first-order chi connectivity index (χ1) is 15.4. The molecule has 9 nitrogen and oxygen atoms in total. The summed E-state index contributed by atoms with van der Waals surface area (Å²) in [4.78, 5) is 10.4. The summed E-state index contributed by atoms with van der Waals surface area (Å²) < 4.78 is 30.3. The predicted molar refractivity (Wildman–Crippen MR) is 120 cm³/mol. The monoisotopic (exact) mass is 451 g/mol. The summed E-state index contributed by atoms with van der Waals surface area (Å²) >= 11 is 0. The van der Waals surface area contributed by atoms with E-state index >= 15 is 0 Å². The van der Waals surface area contributed by atoms with Crippen molar-refractivity contribution >= 4 is 15.7 Å². The zero-order valence-electron chi connectivity index (χ0n) is 17.8. The fraction of sp³-hybridized carbons (Fsp3) is 0.318. The number of aromatic nitrogens is 3. The van der Waals surface area contributed by atoms with Crippen LogP contribution in [0.5, 0.6) is 0 Å². The fourth-order valence-electron chi connectivity index (χ4n) is 4.12. The molecule has 1 aliphatic heterocycles. The Morgan fingerprint density at radius 3 is 2.81 bits per heavy atom. The van der Waals surface area contributed by atoms with Crippen LogP contribution in [0.3, 0.4) is 0 Å². The van der Waals surface area contributed by atoms with Crippen LogP contribution in [-0.2, 0) is 30.0 Å². The van der Waals surface area contributed by atoms with Crippen molar-refractivity contribution in [2.45, 2.75) is 24.0 Å². The Hall–Kier alpha value is -3.26. The van der Waals surface area contributed by atoms with Gasteiger partial charge in [0.15, 0.2) is 5.03 Å². The quantitative estimate of drug-likeness (QED) is 0.574. The lowest BCUT2D eigenvalue weighted by atomic mass is 9.95. The van der Waals surface area contributed by atoms with Gasteiger partial charge in [-0.2, -0.15) is 9.57 Å². The molecule has 2 N–H and O–H groups in total. The molecule has 0 radical (unpaired) electrons. The number of benzene rings is 1. The van der Waals surface area contributed by atoms with E-state index in [-0.39, 0.29) is 24.2 Å². The molecule has 166 valence electrons. The standard InChI is InChI=1S/C22H25N7O2S/c1-27-16-25-13-20(27)15-28-14-19(11-18-10-17(12-24)5-6-21(18)28)29(9-7-23)32(30,31)22-4-2-3-8-26-22/h2-6,8,10,13,16,19H,7,9,11,14-15,23H2,1H3. The average Bonchev–Trinajstić information content (AvgIpc) is 3.21. The maximum absolute atomic E-state index is 13.5. The molecule has 1 aliphatic rings. The summed E-state index contributed by atoms with van der Waals surface area (Å²) in [7, 11) is -1.92. The van der Waals surface area contributed by atoms with Gasteiger partial charge in [-0.05, 0) is 42.3 Å². The molecule has 2 aromatic heterocycles. The molecule has 0 saturated carbocycles. The van der Waals surface area contributed by atoms with Crippen molar-refractivity contribution in [3.63, 3.8) is 0 Å². The molecular weight excluding hydrogens is 426 g/mol. The Labute approximate surface area is 187 Å². The molecule has 10 heteroatoms. The van der Waals surface area contributed by atoms with Gasteiger partial charge in [0.25, 0.3) is 10.0 Å². The number of nitriles is 1. The second kappa shape index (κ2) is 9.08. The summed E-state index contributed by atoms with van der Waals surface area (Å²) in [6.45, 7) is 1.41. The molecule has 0 saturated heterocycles. The fourth-order valence-corrected chi connectivity index (χ4v) is 5.68. The maximum atomic E-state index is 13.5. The summed E-state index contributed by atoms with van der Waals surface area (Å²) in [6, 6.07) is 12.2. The van der Waals surface area contributed by atoms with Crippen LogP contribution in [0.2, 0.25) is 0 Å². The van der Waals surface area contributed by atoms with E-state index < -0.39 is 10.0 Å². The number of sulfonamides is 1. The average molecular weight is 452 g/mol. The van der Waals surface area contributed by atoms with Gasteiger partial charge in [0.1, 0.15) is 0 Å². The minimum Gasteiger partial charge on any atom is -0.364 e. The Kier molecular flexibility index (Phi) is 6.23. The van der Waals surface area contributed by atoms with Crippen molar-refractivity contribution in [2.75, 3.05) is 24.5 Å². The molecule has 1 atom stereocenters. The first-order valence-corrected chi connectivity index (χ1v) is 11.7. The van der Waals surface area contributed by atoms with E-state index in [1.54, 1.807) is 30.7 Å². The molecule has 3 heterocycles. The van der Waals surface area contributed by atoms with E-state index in [0.717, 1.165) is 16.9 Å². The van der Waals surface area contributed by atoms with Crippen molar-refractivity contribution in [3.05, 3.63) is 71.9 Å². The molecule has 1 unspecified atom stereocenters. The second-order valence-electron chi connectivity index (χ2n) is 7.76. The predicted octanol–water partition coefficient (Wildman–Crippen LogP) is 1.27. The van der Waals surface area contributed by atoms with E-state index in [1.165, 1.54) is 16.6 Å². The van der Waals surface area contributed by atoms with Gasteiger partial charge < -0.3 is 15.2 Å². The van der Waals surface area contributed by atoms with Crippen LogP contribution in [0, 0.1) is 11.3 Å². The minimum absolute atomic E-state index is 0.00297. The summed E-state index contributed by atoms with van der Waals surface area (Å²) in [5, 5.41) is 9.38. The van der Waals surface area contributed by atoms with E-state index in [4.69, 9.17) is 5.73 Å². The van der Waals surface area contributed by atoms with Crippen molar-refractivity contribution in [2.24, 2.45) is 12.8 Å². The Morgan fingerprint density at radius 1 is 1.31 bits per heavy atom. The number of nitrogens with zero attached hydrogens (tertiary/aromatic N) is 6. The zero-order chi connectivity index (χ0) is 22.7. The van der Waals surface area contributed by atoms with Crippen molar-refractivity contribution in [1.82, 2.24) is 18.8 Å². The van der Waals surface area contributed by atoms with Gasteiger partial charge in [-0.1, -0.05) is 6.07 Å². The first-order valence-electron chi connectivity index (χ1n) is 10.3. The number of hydrogen-bond acceptors (Lipinski definition) is 7. The topological polar surface area (TPSA) is 121 Å². The molecule has 3 aromatic rings. The largest absolute Gasteiger partial charge is 0.364 e. The molecule has 32 heavy (non-hydrogen) atoms. The number of hydrogen-bond donors (Lipinski definition) is 1. The van der Waals surface area contributed by atoms with E-state index in [0.29, 0.717) is 25.1 Å². The highest BCUT2D eigenvalue weighted by atomic mass is 32.2. The summed E-state index contributed by atoms with van der Waals surface area (Å²) in [5.41, 5.74) is 9.29. The van der Waals surface area contributed by atoms with Crippen LogP contribution in [0.15, 0.2) is 60.1 Å². The smallest absolute Gasteiger partial charge is 0.260 e. The van der Waals surface area contributed by atoms with Gasteiger partial charge in [-0.15, -0.1) is 0 Å². The number of nitrogens with two attached hydrogens (primary N) is 1. The third kappa shape index (κ3) is 4.23. The lowest BCUT2D eigenvalue weighted by molar-refractivity contribution is 0.313. The molecule has 0 spiro atoms. The minimum atomic E-state index is -3.84. The highest BCUT2D eigenvalue weighted by molar-refractivity contribution is 7.89. The summed E-state index contributed by atoms with van der Waals surface area (Å²) in [5.74, 6) is 0. The highest BCUT2D eigenvalue weighted by Gasteiger charge is 2.36. The van der Waals surface area contributed by atoms with Crippen LogP contribution in [-0.4, -0.2) is 52.9 Å². The lowest BCUT2D eigenvalue weighted by Crippen LogP contribution is -2.52. The van der Waals surface area contributed by atoms with Crippen molar-refractivity contribution in [3.8, 4) is 6.07 Å². The van der Waals surface area contributed by atoms with Crippen LogP contribution < -0.4 is 10.6 Å². The van der Waals surface area contributed by atoms with Gasteiger partial charge in [-0.3, -0.25) is 0 Å². The molecule has 0 aliphatic carbocycles.